The van der Waals surface area contributed by atoms with E-state index in [1.54, 1.807) is 18.2 Å². The van der Waals surface area contributed by atoms with Crippen LogP contribution in [0, 0.1) is 0 Å². The van der Waals surface area contributed by atoms with Crippen molar-refractivity contribution in [3.05, 3.63) is 27.7 Å². The number of aromatic nitrogens is 2. The van der Waals surface area contributed by atoms with E-state index in [0.29, 0.717) is 20.2 Å². The van der Waals surface area contributed by atoms with Crippen LogP contribution in [0.4, 0.5) is 10.8 Å². The molecule has 2 rings (SSSR count). The van der Waals surface area contributed by atoms with E-state index in [1.807, 2.05) is 0 Å². The molecule has 0 aliphatic carbocycles. The van der Waals surface area contributed by atoms with Gasteiger partial charge in [-0.25, -0.2) is 0 Å². The predicted molar refractivity (Wildman–Crippen MR) is 82.8 cm³/mol. The number of nitrogen functional groups attached to an aromatic ring is 1. The van der Waals surface area contributed by atoms with Gasteiger partial charge in [-0.15, -0.1) is 10.2 Å². The lowest BCUT2D eigenvalue weighted by atomic mass is 10.3. The molecule has 5 nitrogen and oxygen atoms in total. The zero-order chi connectivity index (χ0) is 13.8. The fourth-order valence-electron chi connectivity index (χ4n) is 1.18. The van der Waals surface area contributed by atoms with Gasteiger partial charge in [0.25, 0.3) is 0 Å². The number of carbonyl (C=O) groups is 1. The summed E-state index contributed by atoms with van der Waals surface area (Å²) in [5.74, 6) is 0.113. The molecule has 0 atom stereocenters. The maximum Gasteiger partial charge on any atom is 0.234 e. The molecule has 1 heterocycles. The zero-order valence-electron chi connectivity index (χ0n) is 9.39. The number of hydrogen-bond acceptors (Lipinski definition) is 6. The zero-order valence-corrected chi connectivity index (χ0v) is 13.4. The molecule has 1 amide bonds. The average Bonchev–Trinajstić information content (AvgIpc) is 2.77. The summed E-state index contributed by atoms with van der Waals surface area (Å²) in [5.41, 5.74) is 6.13. The van der Waals surface area contributed by atoms with Crippen molar-refractivity contribution in [1.82, 2.24) is 10.2 Å². The minimum atomic E-state index is -0.131. The number of nitrogens with one attached hydrogen (secondary N) is 1. The highest BCUT2D eigenvalue weighted by Crippen LogP contribution is 2.26. The molecule has 0 fully saturated rings. The van der Waals surface area contributed by atoms with Crippen LogP contribution in [-0.4, -0.2) is 21.9 Å². The van der Waals surface area contributed by atoms with Crippen molar-refractivity contribution in [3.8, 4) is 0 Å². The normalized spacial score (nSPS) is 10.4. The maximum atomic E-state index is 11.7. The first kappa shape index (κ1) is 14.6. The molecule has 100 valence electrons. The molecule has 0 radical (unpaired) electrons. The molecule has 0 saturated heterocycles. The summed E-state index contributed by atoms with van der Waals surface area (Å²) in [6.07, 6.45) is 0. The second kappa shape index (κ2) is 6.56. The van der Waals surface area contributed by atoms with Crippen LogP contribution in [0.15, 0.2) is 27.0 Å². The smallest absolute Gasteiger partial charge is 0.234 e. The molecule has 0 saturated carbocycles. The fraction of sp³-hybridized carbons (Fsp3) is 0.100. The molecular formula is C10H8BrClN4OS2. The Kier molecular flexibility index (Phi) is 5.03. The van der Waals surface area contributed by atoms with Gasteiger partial charge in [-0.05, 0) is 34.1 Å². The van der Waals surface area contributed by atoms with E-state index in [2.05, 4.69) is 31.4 Å². The first-order valence-electron chi connectivity index (χ1n) is 5.01. The van der Waals surface area contributed by atoms with Gasteiger partial charge in [0.2, 0.25) is 11.0 Å². The topological polar surface area (TPSA) is 80.9 Å². The molecule has 0 aliphatic heterocycles. The standard InChI is InChI=1S/C10H8BrClN4OS2/c11-6-3-5(1-2-7(6)12)14-8(17)4-18-10-16-15-9(13)19-10/h1-3H,4H2,(H2,13,15)(H,14,17). The number of rotatable bonds is 4. The van der Waals surface area contributed by atoms with Crippen LogP contribution in [0.3, 0.4) is 0 Å². The van der Waals surface area contributed by atoms with Crippen molar-refractivity contribution >= 4 is 67.4 Å². The fourth-order valence-corrected chi connectivity index (χ4v) is 3.11. The summed E-state index contributed by atoms with van der Waals surface area (Å²) >= 11 is 11.7. The molecule has 0 spiro atoms. The number of anilines is 2. The Morgan fingerprint density at radius 1 is 1.53 bits per heavy atom. The van der Waals surface area contributed by atoms with E-state index >= 15 is 0 Å². The second-order valence-electron chi connectivity index (χ2n) is 3.37. The number of nitrogens with two attached hydrogens (primary N) is 1. The highest BCUT2D eigenvalue weighted by atomic mass is 79.9. The minimum Gasteiger partial charge on any atom is -0.374 e. The van der Waals surface area contributed by atoms with Crippen molar-refractivity contribution < 1.29 is 4.79 Å². The molecule has 1 aromatic carbocycles. The Morgan fingerprint density at radius 2 is 2.32 bits per heavy atom. The molecule has 0 bridgehead atoms. The third-order valence-electron chi connectivity index (χ3n) is 1.95. The maximum absolute atomic E-state index is 11.7. The van der Waals surface area contributed by atoms with Gasteiger partial charge in [-0.2, -0.15) is 0 Å². The van der Waals surface area contributed by atoms with Crippen molar-refractivity contribution in [3.63, 3.8) is 0 Å². The van der Waals surface area contributed by atoms with Gasteiger partial charge in [0.1, 0.15) is 0 Å². The Hall–Kier alpha value is -0.830. The minimum absolute atomic E-state index is 0.131. The summed E-state index contributed by atoms with van der Waals surface area (Å²) in [7, 11) is 0. The summed E-state index contributed by atoms with van der Waals surface area (Å²) in [6, 6.07) is 5.19. The van der Waals surface area contributed by atoms with E-state index in [1.165, 1.54) is 23.1 Å². The van der Waals surface area contributed by atoms with E-state index in [-0.39, 0.29) is 11.7 Å². The number of amides is 1. The third-order valence-corrected chi connectivity index (χ3v) is 5.05. The lowest BCUT2D eigenvalue weighted by Crippen LogP contribution is -2.13. The van der Waals surface area contributed by atoms with Crippen molar-refractivity contribution in [1.29, 1.82) is 0 Å². The molecule has 19 heavy (non-hydrogen) atoms. The summed E-state index contributed by atoms with van der Waals surface area (Å²) in [5, 5.41) is 11.2. The average molecular weight is 380 g/mol. The van der Waals surface area contributed by atoms with Gasteiger partial charge >= 0.3 is 0 Å². The van der Waals surface area contributed by atoms with E-state index < -0.39 is 0 Å². The van der Waals surface area contributed by atoms with Crippen LogP contribution < -0.4 is 11.1 Å². The lowest BCUT2D eigenvalue weighted by Gasteiger charge is -2.05. The Bertz CT molecular complexity index is 607. The Morgan fingerprint density at radius 3 is 2.95 bits per heavy atom. The van der Waals surface area contributed by atoms with Gasteiger partial charge in [0.15, 0.2) is 4.34 Å². The largest absolute Gasteiger partial charge is 0.374 e. The number of nitrogens with zero attached hydrogens (tertiary/aromatic N) is 2. The Labute approximate surface area is 131 Å². The molecule has 0 unspecified atom stereocenters. The molecular weight excluding hydrogens is 372 g/mol. The first-order chi connectivity index (χ1) is 9.04. The van der Waals surface area contributed by atoms with Crippen LogP contribution in [0.25, 0.3) is 0 Å². The van der Waals surface area contributed by atoms with Crippen LogP contribution in [-0.2, 0) is 4.79 Å². The van der Waals surface area contributed by atoms with Gasteiger partial charge in [-0.1, -0.05) is 34.7 Å². The van der Waals surface area contributed by atoms with Gasteiger partial charge in [-0.3, -0.25) is 4.79 Å². The predicted octanol–water partition coefficient (Wildman–Crippen LogP) is 3.27. The monoisotopic (exact) mass is 378 g/mol. The van der Waals surface area contributed by atoms with Crippen LogP contribution in [0.2, 0.25) is 5.02 Å². The summed E-state index contributed by atoms with van der Waals surface area (Å²) < 4.78 is 1.40. The third kappa shape index (κ3) is 4.34. The molecule has 9 heteroatoms. The van der Waals surface area contributed by atoms with Crippen molar-refractivity contribution in [2.45, 2.75) is 4.34 Å². The first-order valence-corrected chi connectivity index (χ1v) is 7.98. The van der Waals surface area contributed by atoms with Crippen molar-refractivity contribution in [2.75, 3.05) is 16.8 Å². The van der Waals surface area contributed by atoms with Gasteiger partial charge in [0, 0.05) is 10.2 Å². The van der Waals surface area contributed by atoms with E-state index in [9.17, 15) is 4.79 Å². The van der Waals surface area contributed by atoms with E-state index in [4.69, 9.17) is 17.3 Å². The lowest BCUT2D eigenvalue weighted by molar-refractivity contribution is -0.113. The molecule has 0 aliphatic rings. The van der Waals surface area contributed by atoms with E-state index in [0.717, 1.165) is 4.47 Å². The summed E-state index contributed by atoms with van der Waals surface area (Å²) in [4.78, 5) is 11.7. The number of hydrogen-bond donors (Lipinski definition) is 2. The second-order valence-corrected chi connectivity index (χ2v) is 6.87. The number of carbonyl (C=O) groups excluding carboxylic acids is 1. The number of thioether (sulfide) groups is 1. The van der Waals surface area contributed by atoms with Gasteiger partial charge in [0.05, 0.1) is 10.8 Å². The van der Waals surface area contributed by atoms with Crippen molar-refractivity contribution in [2.24, 2.45) is 0 Å². The highest BCUT2D eigenvalue weighted by molar-refractivity contribution is 9.10. The molecule has 3 N–H and O–H groups in total. The van der Waals surface area contributed by atoms with Gasteiger partial charge < -0.3 is 11.1 Å². The number of halogens is 2. The number of benzene rings is 1. The molecule has 2 aromatic rings. The van der Waals surface area contributed by atoms with Crippen LogP contribution in [0.1, 0.15) is 0 Å². The highest BCUT2D eigenvalue weighted by Gasteiger charge is 2.08. The van der Waals surface area contributed by atoms with Crippen LogP contribution in [0.5, 0.6) is 0 Å². The quantitative estimate of drug-likeness (QED) is 0.797. The summed E-state index contributed by atoms with van der Waals surface area (Å²) in [6.45, 7) is 0. The molecule has 1 aromatic heterocycles. The Balaban J connectivity index is 1.88. The van der Waals surface area contributed by atoms with Crippen LogP contribution >= 0.6 is 50.6 Å². The SMILES string of the molecule is Nc1nnc(SCC(=O)Nc2ccc(Cl)c(Br)c2)s1.